The molecular formula is C9H10BrNOS. The first-order valence-electron chi connectivity index (χ1n) is 3.83. The first-order chi connectivity index (χ1) is 6.15. The molecule has 70 valence electrons. The molecule has 0 atom stereocenters. The van der Waals surface area contributed by atoms with E-state index in [2.05, 4.69) is 28.6 Å². The summed E-state index contributed by atoms with van der Waals surface area (Å²) in [5.41, 5.74) is 6.83. The van der Waals surface area contributed by atoms with Crippen LogP contribution in [-0.2, 0) is 0 Å². The molecule has 0 radical (unpaired) electrons. The highest BCUT2D eigenvalue weighted by Crippen LogP contribution is 2.18. The number of nitrogens with two attached hydrogens (primary N) is 1. The molecule has 4 heteroatoms. The van der Waals surface area contributed by atoms with Crippen molar-refractivity contribution < 1.29 is 4.79 Å². The average molecular weight is 260 g/mol. The van der Waals surface area contributed by atoms with Gasteiger partial charge >= 0.3 is 0 Å². The third-order valence-electron chi connectivity index (χ3n) is 1.67. The van der Waals surface area contributed by atoms with Crippen molar-refractivity contribution >= 4 is 40.0 Å². The number of thiol groups is 1. The second-order valence-corrected chi connectivity index (χ2v) is 3.91. The van der Waals surface area contributed by atoms with Crippen LogP contribution in [0.5, 0.6) is 0 Å². The molecule has 0 aromatic heterocycles. The fraction of sp³-hybridized carbons (Fsp3) is 0.222. The van der Waals surface area contributed by atoms with E-state index in [1.807, 2.05) is 0 Å². The van der Waals surface area contributed by atoms with Gasteiger partial charge in [-0.3, -0.25) is 4.79 Å². The number of carbonyl (C=O) groups is 1. The summed E-state index contributed by atoms with van der Waals surface area (Å²) in [5, 5.41) is 0.679. The average Bonchev–Trinajstić information content (AvgIpc) is 2.10. The Morgan fingerprint density at radius 1 is 1.54 bits per heavy atom. The maximum absolute atomic E-state index is 11.4. The van der Waals surface area contributed by atoms with Crippen LogP contribution in [0.3, 0.4) is 0 Å². The fourth-order valence-corrected chi connectivity index (χ4v) is 1.52. The predicted octanol–water partition coefficient (Wildman–Crippen LogP) is 2.53. The summed E-state index contributed by atoms with van der Waals surface area (Å²) >= 11 is 7.36. The van der Waals surface area contributed by atoms with Gasteiger partial charge in [-0.25, -0.2) is 0 Å². The number of alkyl halides is 1. The third kappa shape index (κ3) is 2.74. The normalized spacial score (nSPS) is 10.0. The van der Waals surface area contributed by atoms with Gasteiger partial charge < -0.3 is 5.73 Å². The van der Waals surface area contributed by atoms with Crippen LogP contribution in [0.1, 0.15) is 16.8 Å². The summed E-state index contributed by atoms with van der Waals surface area (Å²) in [7, 11) is 0. The van der Waals surface area contributed by atoms with E-state index in [4.69, 9.17) is 5.73 Å². The molecule has 0 amide bonds. The third-order valence-corrected chi connectivity index (χ3v) is 2.46. The van der Waals surface area contributed by atoms with Gasteiger partial charge in [-0.1, -0.05) is 15.9 Å². The monoisotopic (exact) mass is 259 g/mol. The van der Waals surface area contributed by atoms with Gasteiger partial charge in [0.25, 0.3) is 0 Å². The quantitative estimate of drug-likeness (QED) is 0.379. The summed E-state index contributed by atoms with van der Waals surface area (Å²) < 4.78 is 0. The molecule has 0 aliphatic carbocycles. The van der Waals surface area contributed by atoms with Crippen LogP contribution in [0, 0.1) is 0 Å². The van der Waals surface area contributed by atoms with E-state index in [-0.39, 0.29) is 5.78 Å². The lowest BCUT2D eigenvalue weighted by molar-refractivity contribution is 0.0989. The van der Waals surface area contributed by atoms with Crippen molar-refractivity contribution in [2.45, 2.75) is 11.3 Å². The van der Waals surface area contributed by atoms with E-state index in [9.17, 15) is 4.79 Å². The number of carbonyl (C=O) groups excluding carboxylic acids is 1. The van der Waals surface area contributed by atoms with Crippen LogP contribution in [0.4, 0.5) is 5.69 Å². The first-order valence-corrected chi connectivity index (χ1v) is 5.39. The lowest BCUT2D eigenvalue weighted by atomic mass is 10.1. The summed E-state index contributed by atoms with van der Waals surface area (Å²) in [6, 6.07) is 5.12. The lowest BCUT2D eigenvalue weighted by Gasteiger charge is -2.02. The van der Waals surface area contributed by atoms with Gasteiger partial charge in [-0.15, -0.1) is 12.6 Å². The van der Waals surface area contributed by atoms with Crippen LogP contribution in [0.2, 0.25) is 0 Å². The Morgan fingerprint density at radius 3 is 2.77 bits per heavy atom. The van der Waals surface area contributed by atoms with Crippen LogP contribution in [-0.4, -0.2) is 11.1 Å². The van der Waals surface area contributed by atoms with Gasteiger partial charge in [0.2, 0.25) is 0 Å². The highest BCUT2D eigenvalue weighted by molar-refractivity contribution is 9.09. The SMILES string of the molecule is Nc1ccc(C(=O)CCBr)cc1S. The molecule has 0 spiro atoms. The standard InChI is InChI=1S/C9H10BrNOS/c10-4-3-8(12)6-1-2-7(11)9(13)5-6/h1-2,5,13H,3-4,11H2. The van der Waals surface area contributed by atoms with Gasteiger partial charge in [-0.2, -0.15) is 0 Å². The van der Waals surface area contributed by atoms with Gasteiger partial charge in [-0.05, 0) is 18.2 Å². The van der Waals surface area contributed by atoms with E-state index < -0.39 is 0 Å². The van der Waals surface area contributed by atoms with E-state index >= 15 is 0 Å². The molecule has 1 aromatic carbocycles. The minimum atomic E-state index is 0.104. The Bertz CT molecular complexity index is 327. The van der Waals surface area contributed by atoms with Gasteiger partial charge in [0.05, 0.1) is 0 Å². The Kier molecular flexibility index (Phi) is 3.81. The van der Waals surface area contributed by atoms with Crippen molar-refractivity contribution in [1.29, 1.82) is 0 Å². The largest absolute Gasteiger partial charge is 0.398 e. The summed E-state index contributed by atoms with van der Waals surface area (Å²) in [5.74, 6) is 0.104. The summed E-state index contributed by atoms with van der Waals surface area (Å²) in [6.07, 6.45) is 0.497. The van der Waals surface area contributed by atoms with Gasteiger partial charge in [0.1, 0.15) is 0 Å². The number of anilines is 1. The number of ketones is 1. The van der Waals surface area contributed by atoms with E-state index in [1.165, 1.54) is 0 Å². The van der Waals surface area contributed by atoms with Crippen molar-refractivity contribution in [2.75, 3.05) is 11.1 Å². The number of rotatable bonds is 3. The fourth-order valence-electron chi connectivity index (χ4n) is 0.947. The van der Waals surface area contributed by atoms with Crippen molar-refractivity contribution in [3.05, 3.63) is 23.8 Å². The second kappa shape index (κ2) is 4.67. The number of halogens is 1. The Labute approximate surface area is 91.1 Å². The summed E-state index contributed by atoms with van der Waals surface area (Å²) in [4.78, 5) is 12.1. The molecule has 1 rings (SSSR count). The lowest BCUT2D eigenvalue weighted by Crippen LogP contribution is -2.00. The molecule has 0 unspecified atom stereocenters. The van der Waals surface area contributed by atoms with E-state index in [1.54, 1.807) is 18.2 Å². The van der Waals surface area contributed by atoms with Crippen LogP contribution >= 0.6 is 28.6 Å². The van der Waals surface area contributed by atoms with Gasteiger partial charge in [0.15, 0.2) is 5.78 Å². The predicted molar refractivity (Wildman–Crippen MR) is 60.8 cm³/mol. The molecule has 13 heavy (non-hydrogen) atoms. The maximum atomic E-state index is 11.4. The molecule has 1 aromatic rings. The molecule has 0 bridgehead atoms. The van der Waals surface area contributed by atoms with Crippen LogP contribution < -0.4 is 5.73 Å². The Hall–Kier alpha value is -0.480. The van der Waals surface area contributed by atoms with Crippen LogP contribution in [0.15, 0.2) is 23.1 Å². The molecule has 0 aliphatic heterocycles. The highest BCUT2D eigenvalue weighted by Gasteiger charge is 2.05. The van der Waals surface area contributed by atoms with Crippen molar-refractivity contribution in [3.63, 3.8) is 0 Å². The van der Waals surface area contributed by atoms with Crippen LogP contribution in [0.25, 0.3) is 0 Å². The molecule has 0 fully saturated rings. The smallest absolute Gasteiger partial charge is 0.163 e. The highest BCUT2D eigenvalue weighted by atomic mass is 79.9. The Morgan fingerprint density at radius 2 is 2.23 bits per heavy atom. The molecule has 2 N–H and O–H groups in total. The minimum Gasteiger partial charge on any atom is -0.398 e. The number of nitrogen functional groups attached to an aromatic ring is 1. The summed E-state index contributed by atoms with van der Waals surface area (Å²) in [6.45, 7) is 0. The topological polar surface area (TPSA) is 43.1 Å². The van der Waals surface area contributed by atoms with Gasteiger partial charge in [0, 0.05) is 27.9 Å². The zero-order valence-electron chi connectivity index (χ0n) is 6.96. The molecule has 0 saturated heterocycles. The van der Waals surface area contributed by atoms with Crippen molar-refractivity contribution in [3.8, 4) is 0 Å². The molecule has 0 saturated carbocycles. The zero-order chi connectivity index (χ0) is 9.84. The van der Waals surface area contributed by atoms with E-state index in [0.29, 0.717) is 27.9 Å². The van der Waals surface area contributed by atoms with E-state index in [0.717, 1.165) is 0 Å². The molecule has 2 nitrogen and oxygen atoms in total. The van der Waals surface area contributed by atoms with Crippen molar-refractivity contribution in [2.24, 2.45) is 0 Å². The first kappa shape index (κ1) is 10.6. The van der Waals surface area contributed by atoms with Crippen molar-refractivity contribution in [1.82, 2.24) is 0 Å². The number of hydrogen-bond acceptors (Lipinski definition) is 3. The Balaban J connectivity index is 2.90. The molecule has 0 heterocycles. The maximum Gasteiger partial charge on any atom is 0.163 e. The number of Topliss-reactive ketones (excluding diaryl/α,β-unsaturated/α-hetero) is 1. The molecular weight excluding hydrogens is 250 g/mol. The minimum absolute atomic E-state index is 0.104. The number of hydrogen-bond donors (Lipinski definition) is 2. The number of benzene rings is 1. The second-order valence-electron chi connectivity index (χ2n) is 2.64. The molecule has 0 aliphatic rings. The zero-order valence-corrected chi connectivity index (χ0v) is 9.44.